The van der Waals surface area contributed by atoms with Gasteiger partial charge in [-0.3, -0.25) is 14.4 Å². The Morgan fingerprint density at radius 3 is 2.70 bits per heavy atom. The summed E-state index contributed by atoms with van der Waals surface area (Å²) < 4.78 is 0. The highest BCUT2D eigenvalue weighted by Gasteiger charge is 2.32. The number of fused-ring (bicyclic) bond motifs is 1. The van der Waals surface area contributed by atoms with Crippen molar-refractivity contribution in [3.8, 4) is 0 Å². The van der Waals surface area contributed by atoms with E-state index in [9.17, 15) is 14.4 Å². The Balaban J connectivity index is 0.00000192. The highest BCUT2D eigenvalue weighted by atomic mass is 35.5. The van der Waals surface area contributed by atoms with Crippen LogP contribution in [0.4, 0.5) is 0 Å². The third kappa shape index (κ3) is 3.64. The van der Waals surface area contributed by atoms with Crippen LogP contribution in [0.2, 0.25) is 0 Å². The summed E-state index contributed by atoms with van der Waals surface area (Å²) in [6, 6.07) is 1.50. The zero-order chi connectivity index (χ0) is 15.9. The number of rotatable bonds is 2. The van der Waals surface area contributed by atoms with E-state index in [1.165, 1.54) is 6.07 Å². The van der Waals surface area contributed by atoms with Crippen molar-refractivity contribution in [2.75, 3.05) is 13.1 Å². The standard InChI is InChI=1S/C16H21N3O3.ClH/c1-16(2)6-12-10(13(20)7-16)5-11(15(22)19-12)14(21)18-9-3-4-17-8-9;/h5,9,17H,3-4,6-8H2,1-2H3,(H,18,21)(H,19,22);1H. The number of ketones is 1. The minimum atomic E-state index is -0.423. The van der Waals surface area contributed by atoms with Crippen LogP contribution in [0.5, 0.6) is 0 Å². The summed E-state index contributed by atoms with van der Waals surface area (Å²) in [5, 5.41) is 6.00. The molecule has 6 nitrogen and oxygen atoms in total. The second-order valence-electron chi connectivity index (χ2n) is 7.01. The van der Waals surface area contributed by atoms with Crippen molar-refractivity contribution in [2.24, 2.45) is 5.41 Å². The van der Waals surface area contributed by atoms with Crippen molar-refractivity contribution in [1.29, 1.82) is 0 Å². The lowest BCUT2D eigenvalue weighted by Gasteiger charge is -2.29. The van der Waals surface area contributed by atoms with Gasteiger partial charge in [-0.2, -0.15) is 0 Å². The number of H-pyrrole nitrogens is 1. The molecule has 2 aliphatic rings. The van der Waals surface area contributed by atoms with Crippen molar-refractivity contribution in [3.05, 3.63) is 33.2 Å². The first kappa shape index (κ1) is 17.7. The summed E-state index contributed by atoms with van der Waals surface area (Å²) in [6.45, 7) is 5.57. The number of nitrogens with one attached hydrogen (secondary N) is 3. The van der Waals surface area contributed by atoms with Crippen molar-refractivity contribution >= 4 is 24.1 Å². The Hall–Kier alpha value is -1.66. The van der Waals surface area contributed by atoms with Crippen LogP contribution < -0.4 is 16.2 Å². The normalized spacial score (nSPS) is 22.2. The fraction of sp³-hybridized carbons (Fsp3) is 0.562. The molecule has 0 spiro atoms. The van der Waals surface area contributed by atoms with Gasteiger partial charge in [0.25, 0.3) is 11.5 Å². The van der Waals surface area contributed by atoms with Crippen LogP contribution in [0, 0.1) is 5.41 Å². The Bertz CT molecular complexity index is 690. The topological polar surface area (TPSA) is 91.1 Å². The lowest BCUT2D eigenvalue weighted by atomic mass is 9.75. The minimum absolute atomic E-state index is 0. The van der Waals surface area contributed by atoms with Gasteiger partial charge in [0.15, 0.2) is 5.78 Å². The Labute approximate surface area is 140 Å². The summed E-state index contributed by atoms with van der Waals surface area (Å²) in [6.07, 6.45) is 1.92. The van der Waals surface area contributed by atoms with Gasteiger partial charge in [-0.15, -0.1) is 12.4 Å². The summed E-state index contributed by atoms with van der Waals surface area (Å²) in [4.78, 5) is 39.5. The molecule has 0 radical (unpaired) electrons. The Kier molecular flexibility index (Phi) is 4.96. The van der Waals surface area contributed by atoms with E-state index in [1.54, 1.807) is 0 Å². The molecule has 0 bridgehead atoms. The van der Waals surface area contributed by atoms with Crippen molar-refractivity contribution in [2.45, 2.75) is 39.2 Å². The number of aromatic nitrogens is 1. The zero-order valence-corrected chi connectivity index (χ0v) is 14.1. The van der Waals surface area contributed by atoms with E-state index in [-0.39, 0.29) is 35.2 Å². The monoisotopic (exact) mass is 339 g/mol. The summed E-state index contributed by atoms with van der Waals surface area (Å²) >= 11 is 0. The molecule has 1 aliphatic heterocycles. The van der Waals surface area contributed by atoms with Gasteiger partial charge in [0.2, 0.25) is 0 Å². The molecule has 1 amide bonds. The zero-order valence-electron chi connectivity index (χ0n) is 13.3. The van der Waals surface area contributed by atoms with E-state index >= 15 is 0 Å². The van der Waals surface area contributed by atoms with Crippen LogP contribution in [0.1, 0.15) is 53.1 Å². The van der Waals surface area contributed by atoms with E-state index in [4.69, 9.17) is 0 Å². The van der Waals surface area contributed by atoms with Gasteiger partial charge in [-0.05, 0) is 30.9 Å². The molecule has 0 aromatic carbocycles. The summed E-state index contributed by atoms with van der Waals surface area (Å²) in [5.74, 6) is -0.422. The molecule has 1 saturated heterocycles. The minimum Gasteiger partial charge on any atom is -0.348 e. The maximum atomic E-state index is 12.3. The largest absolute Gasteiger partial charge is 0.348 e. The SMILES string of the molecule is CC1(C)CC(=O)c2cc(C(=O)NC3CCNC3)c(=O)[nH]c2C1.Cl. The third-order valence-corrected chi connectivity index (χ3v) is 4.36. The third-order valence-electron chi connectivity index (χ3n) is 4.36. The molecule has 1 aliphatic carbocycles. The smallest absolute Gasteiger partial charge is 0.261 e. The van der Waals surface area contributed by atoms with E-state index in [1.807, 2.05) is 13.8 Å². The molecule has 126 valence electrons. The van der Waals surface area contributed by atoms with Crippen LogP contribution in [-0.2, 0) is 6.42 Å². The summed E-state index contributed by atoms with van der Waals surface area (Å²) in [5.41, 5.74) is 0.567. The van der Waals surface area contributed by atoms with Gasteiger partial charge in [0.05, 0.1) is 0 Å². The van der Waals surface area contributed by atoms with E-state index in [2.05, 4.69) is 15.6 Å². The first-order chi connectivity index (χ1) is 10.4. The van der Waals surface area contributed by atoms with Crippen molar-refractivity contribution in [1.82, 2.24) is 15.6 Å². The van der Waals surface area contributed by atoms with Gasteiger partial charge < -0.3 is 15.6 Å². The molecule has 1 unspecified atom stereocenters. The van der Waals surface area contributed by atoms with E-state index in [0.717, 1.165) is 13.0 Å². The number of carbonyl (C=O) groups is 2. The second-order valence-corrected chi connectivity index (χ2v) is 7.01. The van der Waals surface area contributed by atoms with Gasteiger partial charge in [0.1, 0.15) is 5.56 Å². The van der Waals surface area contributed by atoms with Crippen LogP contribution >= 0.6 is 12.4 Å². The van der Waals surface area contributed by atoms with Gasteiger partial charge in [-0.25, -0.2) is 0 Å². The number of amides is 1. The Morgan fingerprint density at radius 2 is 2.04 bits per heavy atom. The molecule has 1 fully saturated rings. The highest BCUT2D eigenvalue weighted by molar-refractivity contribution is 6.02. The molecule has 0 saturated carbocycles. The molecule has 7 heteroatoms. The van der Waals surface area contributed by atoms with Gasteiger partial charge in [-0.1, -0.05) is 13.8 Å². The molecule has 3 rings (SSSR count). The maximum Gasteiger partial charge on any atom is 0.261 e. The van der Waals surface area contributed by atoms with Crippen molar-refractivity contribution < 1.29 is 9.59 Å². The number of hydrogen-bond donors (Lipinski definition) is 3. The molecule has 1 aromatic rings. The predicted octanol–water partition coefficient (Wildman–Crippen LogP) is 1.04. The second kappa shape index (κ2) is 6.45. The fourth-order valence-electron chi connectivity index (χ4n) is 3.24. The number of halogens is 1. The van der Waals surface area contributed by atoms with Gasteiger partial charge >= 0.3 is 0 Å². The first-order valence-electron chi connectivity index (χ1n) is 7.67. The number of aromatic amines is 1. The van der Waals surface area contributed by atoms with Crippen LogP contribution in [0.25, 0.3) is 0 Å². The van der Waals surface area contributed by atoms with Crippen LogP contribution in [0.3, 0.4) is 0 Å². The van der Waals surface area contributed by atoms with E-state index in [0.29, 0.717) is 30.6 Å². The molecule has 1 aromatic heterocycles. The average Bonchev–Trinajstić information content (AvgIpc) is 2.89. The fourth-order valence-corrected chi connectivity index (χ4v) is 3.24. The number of carbonyl (C=O) groups excluding carboxylic acids is 2. The first-order valence-corrected chi connectivity index (χ1v) is 7.67. The number of pyridine rings is 1. The van der Waals surface area contributed by atoms with E-state index < -0.39 is 11.5 Å². The quantitative estimate of drug-likeness (QED) is 0.751. The maximum absolute atomic E-state index is 12.3. The van der Waals surface area contributed by atoms with Crippen molar-refractivity contribution in [3.63, 3.8) is 0 Å². The molecule has 23 heavy (non-hydrogen) atoms. The molecular weight excluding hydrogens is 318 g/mol. The lowest BCUT2D eigenvalue weighted by Crippen LogP contribution is -2.40. The number of hydrogen-bond acceptors (Lipinski definition) is 4. The van der Waals surface area contributed by atoms with Gasteiger partial charge in [0, 0.05) is 30.3 Å². The van der Waals surface area contributed by atoms with Crippen LogP contribution in [-0.4, -0.2) is 35.8 Å². The number of Topliss-reactive ketones (excluding diaryl/α,β-unsaturated/α-hetero) is 1. The molecule has 1 atom stereocenters. The molecular formula is C16H22ClN3O3. The Morgan fingerprint density at radius 1 is 1.30 bits per heavy atom. The van der Waals surface area contributed by atoms with Crippen LogP contribution in [0.15, 0.2) is 10.9 Å². The summed E-state index contributed by atoms with van der Waals surface area (Å²) in [7, 11) is 0. The molecule has 3 N–H and O–H groups in total. The average molecular weight is 340 g/mol. The highest BCUT2D eigenvalue weighted by Crippen LogP contribution is 2.33. The predicted molar refractivity (Wildman–Crippen MR) is 89.5 cm³/mol. The lowest BCUT2D eigenvalue weighted by molar-refractivity contribution is 0.0910. The molecule has 2 heterocycles.